The lowest BCUT2D eigenvalue weighted by Gasteiger charge is -2.12. The Bertz CT molecular complexity index is 1150. The molecular formula is C22H19FN4O. The summed E-state index contributed by atoms with van der Waals surface area (Å²) in [7, 11) is 3.39. The van der Waals surface area contributed by atoms with Crippen LogP contribution in [0.1, 0.15) is 0 Å². The molecule has 0 aliphatic heterocycles. The summed E-state index contributed by atoms with van der Waals surface area (Å²) in [5, 5.41) is 2.85. The van der Waals surface area contributed by atoms with Crippen molar-refractivity contribution in [2.45, 2.75) is 0 Å². The molecule has 2 aromatic heterocycles. The molecule has 0 fully saturated rings. The number of nitrogens with one attached hydrogen (secondary N) is 1. The van der Waals surface area contributed by atoms with Gasteiger partial charge in [0.1, 0.15) is 11.5 Å². The van der Waals surface area contributed by atoms with Crippen LogP contribution in [0.2, 0.25) is 0 Å². The first-order valence-corrected chi connectivity index (χ1v) is 8.83. The number of urea groups is 1. The highest BCUT2D eigenvalue weighted by molar-refractivity contribution is 5.89. The van der Waals surface area contributed by atoms with Crippen LogP contribution >= 0.6 is 0 Å². The predicted molar refractivity (Wildman–Crippen MR) is 109 cm³/mol. The zero-order valence-electron chi connectivity index (χ0n) is 15.6. The van der Waals surface area contributed by atoms with Crippen molar-refractivity contribution in [3.8, 4) is 22.4 Å². The van der Waals surface area contributed by atoms with Crippen molar-refractivity contribution in [2.75, 3.05) is 19.4 Å². The number of carbonyl (C=O) groups is 1. The number of benzene rings is 2. The smallest absolute Gasteiger partial charge is 0.321 e. The molecule has 5 nitrogen and oxygen atoms in total. The number of hydrogen-bond acceptors (Lipinski definition) is 2. The van der Waals surface area contributed by atoms with Gasteiger partial charge in [-0.25, -0.2) is 14.2 Å². The first-order chi connectivity index (χ1) is 13.5. The summed E-state index contributed by atoms with van der Waals surface area (Å²) in [6, 6.07) is 17.8. The number of anilines is 1. The second kappa shape index (κ2) is 7.15. The highest BCUT2D eigenvalue weighted by Gasteiger charge is 2.10. The van der Waals surface area contributed by atoms with E-state index in [1.54, 1.807) is 32.4 Å². The maximum Gasteiger partial charge on any atom is 0.321 e. The Morgan fingerprint density at radius 1 is 1.00 bits per heavy atom. The molecule has 28 heavy (non-hydrogen) atoms. The van der Waals surface area contributed by atoms with Crippen LogP contribution in [-0.4, -0.2) is 34.4 Å². The Kier molecular flexibility index (Phi) is 4.53. The number of fused-ring (bicyclic) bond motifs is 1. The van der Waals surface area contributed by atoms with E-state index in [9.17, 15) is 9.18 Å². The number of hydrogen-bond donors (Lipinski definition) is 1. The van der Waals surface area contributed by atoms with E-state index in [0.717, 1.165) is 28.0 Å². The van der Waals surface area contributed by atoms with Crippen molar-refractivity contribution in [2.24, 2.45) is 0 Å². The van der Waals surface area contributed by atoms with Gasteiger partial charge in [-0.3, -0.25) is 4.40 Å². The predicted octanol–water partition coefficient (Wildman–Crippen LogP) is 4.90. The molecule has 1 N–H and O–H groups in total. The second-order valence-corrected chi connectivity index (χ2v) is 6.70. The Morgan fingerprint density at radius 2 is 1.79 bits per heavy atom. The Labute approximate surface area is 162 Å². The molecule has 0 saturated heterocycles. The minimum atomic E-state index is -0.255. The summed E-state index contributed by atoms with van der Waals surface area (Å²) in [6.07, 6.45) is 3.75. The lowest BCUT2D eigenvalue weighted by molar-refractivity contribution is 0.230. The maximum absolute atomic E-state index is 13.2. The summed E-state index contributed by atoms with van der Waals surface area (Å²) in [5.41, 5.74) is 5.27. The van der Waals surface area contributed by atoms with Gasteiger partial charge in [-0.1, -0.05) is 24.3 Å². The number of pyridine rings is 1. The molecule has 0 spiro atoms. The average molecular weight is 374 g/mol. The topological polar surface area (TPSA) is 49.6 Å². The molecule has 4 aromatic rings. The van der Waals surface area contributed by atoms with Gasteiger partial charge in [0.25, 0.3) is 0 Å². The quantitative estimate of drug-likeness (QED) is 0.554. The van der Waals surface area contributed by atoms with Crippen LogP contribution in [-0.2, 0) is 0 Å². The number of rotatable bonds is 3. The molecular weight excluding hydrogens is 355 g/mol. The molecule has 0 aliphatic rings. The second-order valence-electron chi connectivity index (χ2n) is 6.70. The van der Waals surface area contributed by atoms with E-state index in [1.165, 1.54) is 17.0 Å². The minimum absolute atomic E-state index is 0.181. The molecule has 0 saturated carbocycles. The first-order valence-electron chi connectivity index (χ1n) is 8.83. The number of carbonyl (C=O) groups excluding carboxylic acids is 1. The van der Waals surface area contributed by atoms with Crippen molar-refractivity contribution >= 4 is 17.4 Å². The van der Waals surface area contributed by atoms with E-state index in [0.29, 0.717) is 5.69 Å². The van der Waals surface area contributed by atoms with Crippen molar-refractivity contribution in [1.29, 1.82) is 0 Å². The number of halogens is 1. The summed E-state index contributed by atoms with van der Waals surface area (Å²) < 4.78 is 15.1. The monoisotopic (exact) mass is 374 g/mol. The molecule has 0 aliphatic carbocycles. The molecule has 140 valence electrons. The molecule has 2 heterocycles. The number of imidazole rings is 1. The Balaban J connectivity index is 1.68. The number of amides is 2. The lowest BCUT2D eigenvalue weighted by Crippen LogP contribution is -2.27. The largest absolute Gasteiger partial charge is 0.331 e. The van der Waals surface area contributed by atoms with Gasteiger partial charge in [0.05, 0.1) is 11.9 Å². The number of nitrogens with zero attached hydrogens (tertiary/aromatic N) is 3. The van der Waals surface area contributed by atoms with Gasteiger partial charge >= 0.3 is 6.03 Å². The van der Waals surface area contributed by atoms with Crippen LogP contribution in [0.25, 0.3) is 28.0 Å². The fourth-order valence-corrected chi connectivity index (χ4v) is 3.01. The minimum Gasteiger partial charge on any atom is -0.331 e. The van der Waals surface area contributed by atoms with Gasteiger partial charge in [-0.2, -0.15) is 0 Å². The summed E-state index contributed by atoms with van der Waals surface area (Å²) >= 11 is 0. The highest BCUT2D eigenvalue weighted by Crippen LogP contribution is 2.27. The molecule has 2 aromatic carbocycles. The highest BCUT2D eigenvalue weighted by atomic mass is 19.1. The van der Waals surface area contributed by atoms with Gasteiger partial charge in [0.2, 0.25) is 0 Å². The Morgan fingerprint density at radius 3 is 2.54 bits per heavy atom. The van der Waals surface area contributed by atoms with E-state index in [1.807, 2.05) is 47.0 Å². The fourth-order valence-electron chi connectivity index (χ4n) is 3.01. The van der Waals surface area contributed by atoms with Crippen molar-refractivity contribution in [3.63, 3.8) is 0 Å². The van der Waals surface area contributed by atoms with Crippen LogP contribution in [0.5, 0.6) is 0 Å². The zero-order chi connectivity index (χ0) is 19.7. The summed E-state index contributed by atoms with van der Waals surface area (Å²) in [5.74, 6) is -0.255. The van der Waals surface area contributed by atoms with E-state index in [4.69, 9.17) is 0 Å². The van der Waals surface area contributed by atoms with E-state index in [-0.39, 0.29) is 11.8 Å². The molecule has 4 rings (SSSR count). The summed E-state index contributed by atoms with van der Waals surface area (Å²) in [4.78, 5) is 17.9. The SMILES string of the molecule is CN(C)C(=O)Nc1cccc(-c2cnc3cc(-c4ccc(F)cc4)ccn23)c1. The van der Waals surface area contributed by atoms with E-state index >= 15 is 0 Å². The Hall–Kier alpha value is -3.67. The van der Waals surface area contributed by atoms with Crippen LogP contribution in [0.15, 0.2) is 73.1 Å². The third-order valence-electron chi connectivity index (χ3n) is 4.51. The lowest BCUT2D eigenvalue weighted by atomic mass is 10.1. The zero-order valence-corrected chi connectivity index (χ0v) is 15.6. The van der Waals surface area contributed by atoms with E-state index < -0.39 is 0 Å². The number of aromatic nitrogens is 2. The van der Waals surface area contributed by atoms with E-state index in [2.05, 4.69) is 10.3 Å². The van der Waals surface area contributed by atoms with Crippen LogP contribution < -0.4 is 5.32 Å². The maximum atomic E-state index is 13.2. The molecule has 0 unspecified atom stereocenters. The third kappa shape index (κ3) is 3.44. The fraction of sp³-hybridized carbons (Fsp3) is 0.0909. The molecule has 0 atom stereocenters. The first kappa shape index (κ1) is 17.7. The van der Waals surface area contributed by atoms with Crippen LogP contribution in [0, 0.1) is 5.82 Å². The third-order valence-corrected chi connectivity index (χ3v) is 4.51. The van der Waals surface area contributed by atoms with Gasteiger partial charge in [0.15, 0.2) is 0 Å². The van der Waals surface area contributed by atoms with Crippen molar-refractivity contribution < 1.29 is 9.18 Å². The van der Waals surface area contributed by atoms with Crippen LogP contribution in [0.4, 0.5) is 14.9 Å². The molecule has 0 radical (unpaired) electrons. The van der Waals surface area contributed by atoms with Gasteiger partial charge in [-0.15, -0.1) is 0 Å². The molecule has 2 amide bonds. The van der Waals surface area contributed by atoms with Crippen LogP contribution in [0.3, 0.4) is 0 Å². The normalized spacial score (nSPS) is 10.8. The van der Waals surface area contributed by atoms with Gasteiger partial charge in [0, 0.05) is 31.5 Å². The standard InChI is InChI=1S/C22H19FN4O/c1-26(2)22(28)25-19-5-3-4-17(12-19)20-14-24-21-13-16(10-11-27(20)21)15-6-8-18(23)9-7-15/h3-14H,1-2H3,(H,25,28). The molecule has 6 heteroatoms. The molecule has 0 bridgehead atoms. The van der Waals surface area contributed by atoms with Crippen molar-refractivity contribution in [1.82, 2.24) is 14.3 Å². The van der Waals surface area contributed by atoms with Crippen molar-refractivity contribution in [3.05, 3.63) is 78.9 Å². The summed E-state index contributed by atoms with van der Waals surface area (Å²) in [6.45, 7) is 0. The van der Waals surface area contributed by atoms with Gasteiger partial charge < -0.3 is 10.2 Å². The average Bonchev–Trinajstić information content (AvgIpc) is 3.12. The van der Waals surface area contributed by atoms with Gasteiger partial charge in [-0.05, 0) is 47.5 Å².